The van der Waals surface area contributed by atoms with Gasteiger partial charge >= 0.3 is 0 Å². The lowest BCUT2D eigenvalue weighted by Crippen LogP contribution is -2.12. The Balaban J connectivity index is 1.62. The van der Waals surface area contributed by atoms with Crippen molar-refractivity contribution in [2.45, 2.75) is 12.8 Å². The largest absolute Gasteiger partial charge is 0.361 e. The van der Waals surface area contributed by atoms with Crippen molar-refractivity contribution < 1.29 is 9.18 Å². The molecule has 3 nitrogen and oxygen atoms in total. The van der Waals surface area contributed by atoms with Crippen LogP contribution in [0.15, 0.2) is 54.7 Å². The van der Waals surface area contributed by atoms with Gasteiger partial charge in [-0.2, -0.15) is 0 Å². The highest BCUT2D eigenvalue weighted by molar-refractivity contribution is 5.91. The minimum atomic E-state index is -0.313. The summed E-state index contributed by atoms with van der Waals surface area (Å²) in [4.78, 5) is 15.1. The van der Waals surface area contributed by atoms with Crippen molar-refractivity contribution >= 4 is 22.5 Å². The molecule has 0 saturated heterocycles. The first-order chi connectivity index (χ1) is 10.2. The lowest BCUT2D eigenvalue weighted by Gasteiger charge is -2.04. The van der Waals surface area contributed by atoms with Gasteiger partial charge in [0.25, 0.3) is 0 Å². The van der Waals surface area contributed by atoms with Crippen LogP contribution in [-0.2, 0) is 11.2 Å². The molecule has 3 rings (SSSR count). The summed E-state index contributed by atoms with van der Waals surface area (Å²) < 4.78 is 12.8. The van der Waals surface area contributed by atoms with Gasteiger partial charge in [-0.25, -0.2) is 4.39 Å². The fourth-order valence-corrected chi connectivity index (χ4v) is 2.34. The maximum Gasteiger partial charge on any atom is 0.224 e. The van der Waals surface area contributed by atoms with Gasteiger partial charge in [-0.15, -0.1) is 0 Å². The molecule has 3 aromatic rings. The number of benzene rings is 2. The average molecular weight is 282 g/mol. The number of fused-ring (bicyclic) bond motifs is 1. The summed E-state index contributed by atoms with van der Waals surface area (Å²) in [5.41, 5.74) is 2.81. The Labute approximate surface area is 121 Å². The number of hydrogen-bond acceptors (Lipinski definition) is 1. The molecule has 4 heteroatoms. The Morgan fingerprint density at radius 3 is 2.67 bits per heavy atom. The number of amides is 1. The number of halogens is 1. The lowest BCUT2D eigenvalue weighted by atomic mass is 10.1. The zero-order chi connectivity index (χ0) is 14.7. The van der Waals surface area contributed by atoms with Crippen LogP contribution in [0.2, 0.25) is 0 Å². The van der Waals surface area contributed by atoms with Gasteiger partial charge in [-0.3, -0.25) is 4.79 Å². The van der Waals surface area contributed by atoms with Crippen molar-refractivity contribution in [2.24, 2.45) is 0 Å². The molecule has 0 aliphatic heterocycles. The van der Waals surface area contributed by atoms with Crippen molar-refractivity contribution in [3.63, 3.8) is 0 Å². The topological polar surface area (TPSA) is 44.9 Å². The second-order valence-corrected chi connectivity index (χ2v) is 4.91. The number of aryl methyl sites for hydroxylation is 1. The predicted molar refractivity (Wildman–Crippen MR) is 81.6 cm³/mol. The molecular weight excluding hydrogens is 267 g/mol. The first-order valence-electron chi connectivity index (χ1n) is 6.83. The number of carbonyl (C=O) groups excluding carboxylic acids is 1. The molecule has 2 N–H and O–H groups in total. The van der Waals surface area contributed by atoms with Crippen molar-refractivity contribution in [1.29, 1.82) is 0 Å². The molecule has 106 valence electrons. The minimum absolute atomic E-state index is 0.0770. The third-order valence-corrected chi connectivity index (χ3v) is 3.42. The second-order valence-electron chi connectivity index (χ2n) is 4.91. The molecule has 0 atom stereocenters. The van der Waals surface area contributed by atoms with Crippen molar-refractivity contribution in [1.82, 2.24) is 4.98 Å². The molecule has 0 saturated carbocycles. The minimum Gasteiger partial charge on any atom is -0.361 e. The molecule has 0 fully saturated rings. The Morgan fingerprint density at radius 1 is 1.10 bits per heavy atom. The van der Waals surface area contributed by atoms with Gasteiger partial charge < -0.3 is 10.3 Å². The van der Waals surface area contributed by atoms with Crippen LogP contribution in [0.4, 0.5) is 10.1 Å². The Morgan fingerprint density at radius 2 is 1.86 bits per heavy atom. The molecule has 1 amide bonds. The van der Waals surface area contributed by atoms with E-state index in [1.54, 1.807) is 12.1 Å². The monoisotopic (exact) mass is 282 g/mol. The molecule has 1 heterocycles. The molecule has 0 aliphatic rings. The van der Waals surface area contributed by atoms with Crippen LogP contribution in [0.3, 0.4) is 0 Å². The average Bonchev–Trinajstić information content (AvgIpc) is 2.91. The van der Waals surface area contributed by atoms with Crippen molar-refractivity contribution in [3.05, 3.63) is 66.1 Å². The van der Waals surface area contributed by atoms with Gasteiger partial charge in [0.05, 0.1) is 0 Å². The van der Waals surface area contributed by atoms with Gasteiger partial charge in [0.2, 0.25) is 5.91 Å². The summed E-state index contributed by atoms with van der Waals surface area (Å²) in [6.45, 7) is 0. The van der Waals surface area contributed by atoms with Gasteiger partial charge in [0.15, 0.2) is 0 Å². The molecule has 0 unspecified atom stereocenters. The van der Waals surface area contributed by atoms with Crippen LogP contribution in [0, 0.1) is 5.82 Å². The number of nitrogens with one attached hydrogen (secondary N) is 2. The number of aromatic amines is 1. The van der Waals surface area contributed by atoms with Crippen LogP contribution in [-0.4, -0.2) is 10.9 Å². The van der Waals surface area contributed by atoms with Gasteiger partial charge in [0, 0.05) is 29.2 Å². The van der Waals surface area contributed by atoms with E-state index in [9.17, 15) is 9.18 Å². The summed E-state index contributed by atoms with van der Waals surface area (Å²) in [6, 6.07) is 13.8. The molecular formula is C17H15FN2O. The van der Waals surface area contributed by atoms with E-state index < -0.39 is 0 Å². The van der Waals surface area contributed by atoms with E-state index in [-0.39, 0.29) is 11.7 Å². The quantitative estimate of drug-likeness (QED) is 0.749. The molecule has 0 spiro atoms. The van der Waals surface area contributed by atoms with E-state index in [0.29, 0.717) is 18.5 Å². The highest BCUT2D eigenvalue weighted by Crippen LogP contribution is 2.19. The third kappa shape index (κ3) is 3.11. The fraction of sp³-hybridized carbons (Fsp3) is 0.118. The van der Waals surface area contributed by atoms with Crippen LogP contribution >= 0.6 is 0 Å². The summed E-state index contributed by atoms with van der Waals surface area (Å²) in [5, 5.41) is 3.91. The Kier molecular flexibility index (Phi) is 3.69. The Hall–Kier alpha value is -2.62. The van der Waals surface area contributed by atoms with E-state index >= 15 is 0 Å². The highest BCUT2D eigenvalue weighted by Gasteiger charge is 2.07. The van der Waals surface area contributed by atoms with E-state index in [4.69, 9.17) is 0 Å². The number of H-pyrrole nitrogens is 1. The summed E-state index contributed by atoms with van der Waals surface area (Å²) in [6.07, 6.45) is 2.99. The molecule has 0 aliphatic carbocycles. The van der Waals surface area contributed by atoms with Crippen LogP contribution in [0.5, 0.6) is 0 Å². The molecule has 2 aromatic carbocycles. The van der Waals surface area contributed by atoms with Gasteiger partial charge in [-0.1, -0.05) is 18.2 Å². The molecule has 0 radical (unpaired) electrons. The number of rotatable bonds is 4. The van der Waals surface area contributed by atoms with Gasteiger partial charge in [0.1, 0.15) is 5.82 Å². The maximum atomic E-state index is 12.8. The third-order valence-electron chi connectivity index (χ3n) is 3.42. The van der Waals surface area contributed by atoms with Crippen LogP contribution in [0.1, 0.15) is 12.0 Å². The van der Waals surface area contributed by atoms with E-state index in [2.05, 4.69) is 10.3 Å². The SMILES string of the molecule is O=C(CCc1c[nH]c2ccccc12)Nc1ccc(F)cc1. The van der Waals surface area contributed by atoms with Crippen LogP contribution in [0.25, 0.3) is 10.9 Å². The highest BCUT2D eigenvalue weighted by atomic mass is 19.1. The molecule has 0 bridgehead atoms. The number of carbonyl (C=O) groups is 1. The fourth-order valence-electron chi connectivity index (χ4n) is 2.34. The number of anilines is 1. The number of para-hydroxylation sites is 1. The van der Waals surface area contributed by atoms with Crippen molar-refractivity contribution in [2.75, 3.05) is 5.32 Å². The van der Waals surface area contributed by atoms with E-state index in [1.807, 2.05) is 30.5 Å². The lowest BCUT2D eigenvalue weighted by molar-refractivity contribution is -0.116. The smallest absolute Gasteiger partial charge is 0.224 e. The summed E-state index contributed by atoms with van der Waals surface area (Å²) in [5.74, 6) is -0.390. The summed E-state index contributed by atoms with van der Waals surface area (Å²) in [7, 11) is 0. The normalized spacial score (nSPS) is 10.7. The number of hydrogen-bond donors (Lipinski definition) is 2. The molecule has 1 aromatic heterocycles. The standard InChI is InChI=1S/C17H15FN2O/c18-13-6-8-14(9-7-13)20-17(21)10-5-12-11-19-16-4-2-1-3-15(12)16/h1-4,6-9,11,19H,5,10H2,(H,20,21). The van der Waals surface area contributed by atoms with E-state index in [1.165, 1.54) is 12.1 Å². The van der Waals surface area contributed by atoms with Crippen molar-refractivity contribution in [3.8, 4) is 0 Å². The molecule has 21 heavy (non-hydrogen) atoms. The first kappa shape index (κ1) is 13.4. The number of aromatic nitrogens is 1. The predicted octanol–water partition coefficient (Wildman–Crippen LogP) is 3.88. The maximum absolute atomic E-state index is 12.8. The van der Waals surface area contributed by atoms with Gasteiger partial charge in [-0.05, 0) is 42.3 Å². The zero-order valence-corrected chi connectivity index (χ0v) is 11.4. The van der Waals surface area contributed by atoms with E-state index in [0.717, 1.165) is 16.5 Å². The van der Waals surface area contributed by atoms with Crippen LogP contribution < -0.4 is 5.32 Å². The summed E-state index contributed by atoms with van der Waals surface area (Å²) >= 11 is 0. The first-order valence-corrected chi connectivity index (χ1v) is 6.83. The Bertz CT molecular complexity index is 762. The zero-order valence-electron chi connectivity index (χ0n) is 11.4. The second kappa shape index (κ2) is 5.79.